The van der Waals surface area contributed by atoms with Crippen molar-refractivity contribution >= 4 is 16.8 Å². The van der Waals surface area contributed by atoms with Gasteiger partial charge in [-0.2, -0.15) is 0 Å². The number of piperidine rings is 1. The summed E-state index contributed by atoms with van der Waals surface area (Å²) in [6.07, 6.45) is 1.13. The van der Waals surface area contributed by atoms with Crippen LogP contribution >= 0.6 is 0 Å². The first-order valence-electron chi connectivity index (χ1n) is 11.0. The SMILES string of the molecule is COc1ccc(OC)c2[nH]c(C(=O)NCCN3CC4CC(C3)c3cccc(=O)n3C4)cc12. The van der Waals surface area contributed by atoms with Gasteiger partial charge < -0.3 is 29.2 Å². The molecule has 2 N–H and O–H groups in total. The monoisotopic (exact) mass is 436 g/mol. The number of rotatable bonds is 6. The number of benzene rings is 1. The second-order valence-corrected chi connectivity index (χ2v) is 8.66. The van der Waals surface area contributed by atoms with Crippen molar-refractivity contribution in [3.8, 4) is 11.5 Å². The second-order valence-electron chi connectivity index (χ2n) is 8.66. The number of carbonyl (C=O) groups excluding carboxylic acids is 1. The number of methoxy groups -OCH3 is 2. The molecule has 168 valence electrons. The van der Waals surface area contributed by atoms with Gasteiger partial charge in [0.25, 0.3) is 11.5 Å². The normalized spacial score (nSPS) is 20.1. The molecule has 0 radical (unpaired) electrons. The van der Waals surface area contributed by atoms with Crippen LogP contribution in [0.3, 0.4) is 0 Å². The maximum absolute atomic E-state index is 12.8. The Balaban J connectivity index is 1.23. The smallest absolute Gasteiger partial charge is 0.267 e. The third-order valence-corrected chi connectivity index (χ3v) is 6.67. The highest BCUT2D eigenvalue weighted by Crippen LogP contribution is 2.35. The van der Waals surface area contributed by atoms with E-state index in [4.69, 9.17) is 9.47 Å². The Labute approximate surface area is 186 Å². The van der Waals surface area contributed by atoms with Gasteiger partial charge in [-0.1, -0.05) is 6.07 Å². The number of hydrogen-bond acceptors (Lipinski definition) is 5. The van der Waals surface area contributed by atoms with Crippen LogP contribution < -0.4 is 20.3 Å². The summed E-state index contributed by atoms with van der Waals surface area (Å²) in [5.74, 6) is 2.06. The molecule has 1 aromatic carbocycles. The lowest BCUT2D eigenvalue weighted by Crippen LogP contribution is -2.48. The van der Waals surface area contributed by atoms with Crippen LogP contribution in [0.25, 0.3) is 10.9 Å². The van der Waals surface area contributed by atoms with Crippen molar-refractivity contribution < 1.29 is 14.3 Å². The molecule has 0 saturated carbocycles. The minimum Gasteiger partial charge on any atom is -0.496 e. The summed E-state index contributed by atoms with van der Waals surface area (Å²) in [5.41, 5.74) is 2.47. The van der Waals surface area contributed by atoms with Crippen molar-refractivity contribution in [1.29, 1.82) is 0 Å². The fourth-order valence-corrected chi connectivity index (χ4v) is 5.24. The van der Waals surface area contributed by atoms with E-state index in [2.05, 4.69) is 21.3 Å². The van der Waals surface area contributed by atoms with Crippen LogP contribution in [0.15, 0.2) is 41.2 Å². The van der Waals surface area contributed by atoms with Crippen LogP contribution in [0.4, 0.5) is 0 Å². The first-order valence-corrected chi connectivity index (χ1v) is 11.0. The van der Waals surface area contributed by atoms with Gasteiger partial charge in [-0.25, -0.2) is 0 Å². The summed E-state index contributed by atoms with van der Waals surface area (Å²) in [7, 11) is 3.21. The summed E-state index contributed by atoms with van der Waals surface area (Å²) in [6, 6.07) is 11.0. The van der Waals surface area contributed by atoms with Crippen molar-refractivity contribution in [2.45, 2.75) is 18.9 Å². The van der Waals surface area contributed by atoms with E-state index in [-0.39, 0.29) is 11.5 Å². The fourth-order valence-electron chi connectivity index (χ4n) is 5.24. The number of aromatic amines is 1. The minimum atomic E-state index is -0.153. The van der Waals surface area contributed by atoms with Gasteiger partial charge in [0.15, 0.2) is 0 Å². The van der Waals surface area contributed by atoms with Crippen molar-refractivity contribution in [3.05, 3.63) is 58.1 Å². The van der Waals surface area contributed by atoms with E-state index in [0.717, 1.165) is 49.2 Å². The maximum atomic E-state index is 12.8. The first kappa shape index (κ1) is 20.6. The van der Waals surface area contributed by atoms with E-state index in [1.807, 2.05) is 22.8 Å². The van der Waals surface area contributed by atoms with Gasteiger partial charge >= 0.3 is 0 Å². The molecule has 1 saturated heterocycles. The third kappa shape index (κ3) is 3.64. The Morgan fingerprint density at radius 1 is 1.12 bits per heavy atom. The number of nitrogens with zero attached hydrogens (tertiary/aromatic N) is 2. The molecule has 2 atom stereocenters. The molecule has 8 heteroatoms. The molecule has 1 fully saturated rings. The number of pyridine rings is 1. The number of carbonyl (C=O) groups is 1. The Morgan fingerprint density at radius 3 is 2.75 bits per heavy atom. The highest BCUT2D eigenvalue weighted by Gasteiger charge is 2.34. The predicted octanol–water partition coefficient (Wildman–Crippen LogP) is 2.20. The summed E-state index contributed by atoms with van der Waals surface area (Å²) in [4.78, 5) is 30.5. The molecule has 2 bridgehead atoms. The molecule has 4 heterocycles. The van der Waals surface area contributed by atoms with Gasteiger partial charge in [-0.15, -0.1) is 0 Å². The Hall–Kier alpha value is -3.26. The van der Waals surface area contributed by atoms with Crippen LogP contribution in [0, 0.1) is 5.92 Å². The zero-order valence-electron chi connectivity index (χ0n) is 18.4. The lowest BCUT2D eigenvalue weighted by Gasteiger charge is -2.42. The summed E-state index contributed by atoms with van der Waals surface area (Å²) < 4.78 is 12.8. The van der Waals surface area contributed by atoms with E-state index in [9.17, 15) is 9.59 Å². The van der Waals surface area contributed by atoms with E-state index < -0.39 is 0 Å². The molecule has 32 heavy (non-hydrogen) atoms. The zero-order chi connectivity index (χ0) is 22.2. The number of fused-ring (bicyclic) bond motifs is 5. The topological polar surface area (TPSA) is 88.6 Å². The molecule has 2 aromatic heterocycles. The molecule has 8 nitrogen and oxygen atoms in total. The third-order valence-electron chi connectivity index (χ3n) is 6.67. The molecule has 5 rings (SSSR count). The minimum absolute atomic E-state index is 0.101. The first-order chi connectivity index (χ1) is 15.6. The number of ether oxygens (including phenoxy) is 2. The number of aromatic nitrogens is 2. The molecule has 1 amide bonds. The van der Waals surface area contributed by atoms with E-state index in [0.29, 0.717) is 35.6 Å². The number of nitrogens with one attached hydrogen (secondary N) is 2. The van der Waals surface area contributed by atoms with Gasteiger partial charge in [0.1, 0.15) is 17.2 Å². The Morgan fingerprint density at radius 2 is 1.94 bits per heavy atom. The molecule has 2 aliphatic rings. The van der Waals surface area contributed by atoms with Gasteiger partial charge in [0, 0.05) is 55.8 Å². The molecular weight excluding hydrogens is 408 g/mol. The average molecular weight is 437 g/mol. The van der Waals surface area contributed by atoms with Gasteiger partial charge in [-0.05, 0) is 36.6 Å². The number of likely N-dealkylation sites (tertiary alicyclic amines) is 1. The molecule has 0 aliphatic carbocycles. The lowest BCUT2D eigenvalue weighted by atomic mass is 9.83. The van der Waals surface area contributed by atoms with E-state index >= 15 is 0 Å². The molecular formula is C24H28N4O4. The number of H-pyrrole nitrogens is 1. The molecule has 3 aromatic rings. The fraction of sp³-hybridized carbons (Fsp3) is 0.417. The van der Waals surface area contributed by atoms with E-state index in [1.54, 1.807) is 26.4 Å². The summed E-state index contributed by atoms with van der Waals surface area (Å²) in [6.45, 7) is 3.99. The number of amides is 1. The quantitative estimate of drug-likeness (QED) is 0.619. The molecule has 2 unspecified atom stereocenters. The van der Waals surface area contributed by atoms with Crippen LogP contribution in [0.1, 0.15) is 28.5 Å². The van der Waals surface area contributed by atoms with Crippen LogP contribution in [-0.4, -0.2) is 60.8 Å². The standard InChI is InChI=1S/C24H28N4O4/c1-31-20-6-7-21(32-2)23-17(20)11-18(26-23)24(30)25-8-9-27-12-15-10-16(14-27)19-4-3-5-22(29)28(19)13-15/h3-7,11,15-16,26H,8-10,12-14H2,1-2H3,(H,25,30). The van der Waals surface area contributed by atoms with Crippen LogP contribution in [0.2, 0.25) is 0 Å². The maximum Gasteiger partial charge on any atom is 0.267 e. The second kappa shape index (κ2) is 8.35. The van der Waals surface area contributed by atoms with Gasteiger partial charge in [0.2, 0.25) is 0 Å². The summed E-state index contributed by atoms with van der Waals surface area (Å²) in [5, 5.41) is 3.84. The lowest BCUT2D eigenvalue weighted by molar-refractivity contribution is 0.0923. The Bertz CT molecular complexity index is 1170. The van der Waals surface area contributed by atoms with Gasteiger partial charge in [-0.3, -0.25) is 9.59 Å². The number of hydrogen-bond donors (Lipinski definition) is 2. The van der Waals surface area contributed by atoms with Crippen molar-refractivity contribution in [2.75, 3.05) is 40.4 Å². The van der Waals surface area contributed by atoms with Crippen LogP contribution in [0.5, 0.6) is 11.5 Å². The highest BCUT2D eigenvalue weighted by atomic mass is 16.5. The average Bonchev–Trinajstić information content (AvgIpc) is 3.25. The summed E-state index contributed by atoms with van der Waals surface area (Å²) >= 11 is 0. The predicted molar refractivity (Wildman–Crippen MR) is 122 cm³/mol. The van der Waals surface area contributed by atoms with Gasteiger partial charge in [0.05, 0.1) is 19.7 Å². The van der Waals surface area contributed by atoms with Crippen molar-refractivity contribution in [2.24, 2.45) is 5.92 Å². The van der Waals surface area contributed by atoms with E-state index in [1.165, 1.54) is 0 Å². The molecule has 0 spiro atoms. The van der Waals surface area contributed by atoms with Crippen molar-refractivity contribution in [1.82, 2.24) is 19.8 Å². The Kier molecular flexibility index (Phi) is 5.38. The van der Waals surface area contributed by atoms with Crippen molar-refractivity contribution in [3.63, 3.8) is 0 Å². The largest absolute Gasteiger partial charge is 0.496 e. The highest BCUT2D eigenvalue weighted by molar-refractivity contribution is 6.01. The van der Waals surface area contributed by atoms with Crippen LogP contribution in [-0.2, 0) is 6.54 Å². The molecule has 2 aliphatic heterocycles. The zero-order valence-corrected chi connectivity index (χ0v) is 18.4.